The van der Waals surface area contributed by atoms with Crippen LogP contribution in [0.4, 0.5) is 0 Å². The third kappa shape index (κ3) is 2.02. The van der Waals surface area contributed by atoms with Crippen molar-refractivity contribution in [1.29, 1.82) is 0 Å². The van der Waals surface area contributed by atoms with Gasteiger partial charge in [0.2, 0.25) is 5.91 Å². The average Bonchev–Trinajstić information content (AvgIpc) is 2.08. The van der Waals surface area contributed by atoms with Gasteiger partial charge >= 0.3 is 0 Å². The van der Waals surface area contributed by atoms with Crippen LogP contribution in [0.3, 0.4) is 0 Å². The summed E-state index contributed by atoms with van der Waals surface area (Å²) in [4.78, 5) is 22.3. The molecule has 1 rings (SSSR count). The number of allylic oxidation sites excluding steroid dienone is 1. The van der Waals surface area contributed by atoms with Gasteiger partial charge in [0.05, 0.1) is 17.5 Å². The van der Waals surface area contributed by atoms with Gasteiger partial charge in [0.15, 0.2) is 0 Å². The van der Waals surface area contributed by atoms with Crippen LogP contribution in [0, 0.1) is 4.91 Å². The summed E-state index contributed by atoms with van der Waals surface area (Å²) >= 11 is 0. The number of nitrogens with zero attached hydrogens (tertiary/aromatic N) is 2. The van der Waals surface area contributed by atoms with Crippen molar-refractivity contribution in [3.05, 3.63) is 40.7 Å². The van der Waals surface area contributed by atoms with Gasteiger partial charge in [-0.1, -0.05) is 0 Å². The van der Waals surface area contributed by atoms with Crippen LogP contribution in [-0.2, 0) is 4.79 Å². The summed E-state index contributed by atoms with van der Waals surface area (Å²) in [5.41, 5.74) is 6.06. The molecule has 1 aliphatic heterocycles. The summed E-state index contributed by atoms with van der Waals surface area (Å²) < 4.78 is 0. The van der Waals surface area contributed by atoms with Crippen LogP contribution >= 0.6 is 0 Å². The zero-order valence-corrected chi connectivity index (χ0v) is 7.10. The van der Waals surface area contributed by atoms with Crippen LogP contribution in [0.15, 0.2) is 41.0 Å². The molecular weight excluding hydrogens is 170 g/mol. The molecule has 1 aliphatic rings. The maximum absolute atomic E-state index is 10.7. The van der Waals surface area contributed by atoms with Crippen molar-refractivity contribution in [2.24, 2.45) is 10.9 Å². The van der Waals surface area contributed by atoms with E-state index in [4.69, 9.17) is 5.73 Å². The van der Waals surface area contributed by atoms with Crippen molar-refractivity contribution in [2.45, 2.75) is 0 Å². The Labute approximate surface area is 75.2 Å². The maximum atomic E-state index is 10.7. The van der Waals surface area contributed by atoms with E-state index in [2.05, 4.69) is 5.18 Å². The molecule has 5 heteroatoms. The molecule has 0 fully saturated rings. The van der Waals surface area contributed by atoms with Gasteiger partial charge in [-0.2, -0.15) is 0 Å². The van der Waals surface area contributed by atoms with Gasteiger partial charge in [-0.05, 0) is 17.3 Å². The number of amides is 1. The highest BCUT2D eigenvalue weighted by atomic mass is 16.2. The average molecular weight is 179 g/mol. The number of likely N-dealkylation sites (N-methyl/N-ethyl adjacent to an activating group) is 1. The molecule has 1 heterocycles. The number of hydrogen-bond donors (Lipinski definition) is 1. The lowest BCUT2D eigenvalue weighted by Crippen LogP contribution is -2.20. The van der Waals surface area contributed by atoms with E-state index in [9.17, 15) is 9.70 Å². The standard InChI is InChI=1S/C8H9N3O2/c1-11-5-6(8(9)12)2-3-7(11)4-10-13/h2-5H,1H3,(H2,9,12). The molecule has 0 saturated heterocycles. The first-order chi connectivity index (χ1) is 6.15. The van der Waals surface area contributed by atoms with Crippen molar-refractivity contribution in [3.63, 3.8) is 0 Å². The normalized spacial score (nSPS) is 18.7. The van der Waals surface area contributed by atoms with Crippen molar-refractivity contribution in [1.82, 2.24) is 4.90 Å². The van der Waals surface area contributed by atoms with Crippen LogP contribution in [0.1, 0.15) is 0 Å². The van der Waals surface area contributed by atoms with Gasteiger partial charge in [-0.15, -0.1) is 4.91 Å². The highest BCUT2D eigenvalue weighted by molar-refractivity contribution is 5.95. The molecule has 0 radical (unpaired) electrons. The number of rotatable bonds is 2. The van der Waals surface area contributed by atoms with Crippen LogP contribution in [0.5, 0.6) is 0 Å². The fourth-order valence-electron chi connectivity index (χ4n) is 0.953. The molecule has 0 aromatic heterocycles. The first-order valence-electron chi connectivity index (χ1n) is 3.60. The molecule has 0 aliphatic carbocycles. The van der Waals surface area contributed by atoms with E-state index < -0.39 is 5.91 Å². The van der Waals surface area contributed by atoms with Gasteiger partial charge in [0.1, 0.15) is 0 Å². The van der Waals surface area contributed by atoms with Crippen molar-refractivity contribution in [2.75, 3.05) is 7.05 Å². The maximum Gasteiger partial charge on any atom is 0.250 e. The van der Waals surface area contributed by atoms with E-state index in [0.29, 0.717) is 11.3 Å². The van der Waals surface area contributed by atoms with Gasteiger partial charge in [-0.25, -0.2) is 0 Å². The first-order valence-corrected chi connectivity index (χ1v) is 3.60. The van der Waals surface area contributed by atoms with Crippen molar-refractivity contribution < 1.29 is 4.79 Å². The van der Waals surface area contributed by atoms with Crippen LogP contribution in [0.25, 0.3) is 0 Å². The lowest BCUT2D eigenvalue weighted by molar-refractivity contribution is -0.114. The summed E-state index contributed by atoms with van der Waals surface area (Å²) in [7, 11) is 1.70. The molecular formula is C8H9N3O2. The summed E-state index contributed by atoms with van der Waals surface area (Å²) in [6.07, 6.45) is 5.84. The van der Waals surface area contributed by atoms with E-state index in [1.807, 2.05) is 0 Å². The van der Waals surface area contributed by atoms with Gasteiger partial charge in [0.25, 0.3) is 0 Å². The van der Waals surface area contributed by atoms with Crippen molar-refractivity contribution in [3.8, 4) is 0 Å². The molecule has 0 unspecified atom stereocenters. The van der Waals surface area contributed by atoms with Crippen LogP contribution in [0.2, 0.25) is 0 Å². The smallest absolute Gasteiger partial charge is 0.250 e. The van der Waals surface area contributed by atoms with Gasteiger partial charge in [0, 0.05) is 13.2 Å². The zero-order chi connectivity index (χ0) is 9.84. The Morgan fingerprint density at radius 3 is 2.77 bits per heavy atom. The topological polar surface area (TPSA) is 75.8 Å². The molecule has 5 nitrogen and oxygen atoms in total. The number of carbonyl (C=O) groups is 1. The van der Waals surface area contributed by atoms with Gasteiger partial charge < -0.3 is 10.6 Å². The Kier molecular flexibility index (Phi) is 2.59. The number of carbonyl (C=O) groups excluding carboxylic acids is 1. The molecule has 0 spiro atoms. The van der Waals surface area contributed by atoms with Crippen molar-refractivity contribution >= 4 is 5.91 Å². The second kappa shape index (κ2) is 3.66. The molecule has 68 valence electrons. The Balaban J connectivity index is 2.91. The third-order valence-corrected chi connectivity index (χ3v) is 1.64. The van der Waals surface area contributed by atoms with Crippen LogP contribution < -0.4 is 5.73 Å². The summed E-state index contributed by atoms with van der Waals surface area (Å²) in [5.74, 6) is -0.499. The minimum Gasteiger partial charge on any atom is -0.366 e. The fraction of sp³-hybridized carbons (Fsp3) is 0.125. The number of primary amides is 1. The molecule has 0 atom stereocenters. The SMILES string of the molecule is CN1C=C(C(N)=O)C=CC1=CN=O. The second-order valence-electron chi connectivity index (χ2n) is 2.55. The predicted octanol–water partition coefficient (Wildman–Crippen LogP) is 0.465. The Morgan fingerprint density at radius 1 is 1.62 bits per heavy atom. The summed E-state index contributed by atoms with van der Waals surface area (Å²) in [6, 6.07) is 0. The molecule has 0 aromatic carbocycles. The highest BCUT2D eigenvalue weighted by Gasteiger charge is 2.09. The lowest BCUT2D eigenvalue weighted by atomic mass is 10.2. The molecule has 2 N–H and O–H groups in total. The second-order valence-corrected chi connectivity index (χ2v) is 2.55. The fourth-order valence-corrected chi connectivity index (χ4v) is 0.953. The highest BCUT2D eigenvalue weighted by Crippen LogP contribution is 2.14. The quantitative estimate of drug-likeness (QED) is 0.626. The summed E-state index contributed by atoms with van der Waals surface area (Å²) in [5, 5.41) is 2.63. The Bertz CT molecular complexity index is 328. The van der Waals surface area contributed by atoms with E-state index in [1.54, 1.807) is 30.3 Å². The zero-order valence-electron chi connectivity index (χ0n) is 7.10. The van der Waals surface area contributed by atoms with E-state index in [0.717, 1.165) is 6.20 Å². The predicted molar refractivity (Wildman–Crippen MR) is 48.1 cm³/mol. The largest absolute Gasteiger partial charge is 0.366 e. The third-order valence-electron chi connectivity index (χ3n) is 1.64. The first kappa shape index (κ1) is 9.18. The molecule has 0 aromatic rings. The van der Waals surface area contributed by atoms with E-state index in [-0.39, 0.29) is 0 Å². The Morgan fingerprint density at radius 2 is 2.31 bits per heavy atom. The number of hydrogen-bond acceptors (Lipinski definition) is 4. The number of nitroso groups, excluding NO2 is 1. The Hall–Kier alpha value is -1.91. The lowest BCUT2D eigenvalue weighted by Gasteiger charge is -2.18. The van der Waals surface area contributed by atoms with E-state index in [1.165, 1.54) is 0 Å². The summed E-state index contributed by atoms with van der Waals surface area (Å²) in [6.45, 7) is 0. The van der Waals surface area contributed by atoms with E-state index >= 15 is 0 Å². The molecule has 0 bridgehead atoms. The minimum atomic E-state index is -0.499. The minimum absolute atomic E-state index is 0.394. The molecule has 1 amide bonds. The van der Waals surface area contributed by atoms with Crippen LogP contribution in [-0.4, -0.2) is 17.9 Å². The number of nitrogens with two attached hydrogens (primary N) is 1. The van der Waals surface area contributed by atoms with Gasteiger partial charge in [-0.3, -0.25) is 4.79 Å². The molecule has 13 heavy (non-hydrogen) atoms. The monoisotopic (exact) mass is 179 g/mol. The molecule has 0 saturated carbocycles.